The van der Waals surface area contributed by atoms with Gasteiger partial charge < -0.3 is 25.0 Å². The largest absolute Gasteiger partial charge is 0.385 e. The number of methoxy groups -OCH3 is 1. The Bertz CT molecular complexity index is 561. The fourth-order valence-electron chi connectivity index (χ4n) is 3.39. The van der Waals surface area contributed by atoms with Crippen LogP contribution in [0.5, 0.6) is 0 Å². The Kier molecular flexibility index (Phi) is 14.1. The zero-order chi connectivity index (χ0) is 20.2. The van der Waals surface area contributed by atoms with Gasteiger partial charge in [0.15, 0.2) is 5.96 Å². The first-order valence-corrected chi connectivity index (χ1v) is 11.0. The molecular formula is C20H38IN5O2S. The van der Waals surface area contributed by atoms with E-state index in [2.05, 4.69) is 56.9 Å². The van der Waals surface area contributed by atoms with Crippen molar-refractivity contribution in [1.82, 2.24) is 20.4 Å². The maximum atomic E-state index is 5.73. The normalized spacial score (nSPS) is 19.1. The number of likely N-dealkylation sites (N-methyl/N-ethyl adjacent to an activating group) is 1. The molecule has 1 aliphatic heterocycles. The van der Waals surface area contributed by atoms with Gasteiger partial charge in [-0.2, -0.15) is 0 Å². The third kappa shape index (κ3) is 9.93. The van der Waals surface area contributed by atoms with E-state index in [1.807, 2.05) is 18.4 Å². The lowest BCUT2D eigenvalue weighted by molar-refractivity contribution is -0.0334. The Balaban J connectivity index is 0.00000420. The van der Waals surface area contributed by atoms with Crippen LogP contribution in [-0.2, 0) is 9.47 Å². The molecule has 7 nitrogen and oxygen atoms in total. The predicted molar refractivity (Wildman–Crippen MR) is 133 cm³/mol. The first-order valence-electron chi connectivity index (χ1n) is 10.1. The van der Waals surface area contributed by atoms with Crippen LogP contribution in [0.3, 0.4) is 0 Å². The maximum Gasteiger partial charge on any atom is 0.191 e. The van der Waals surface area contributed by atoms with Gasteiger partial charge in [0.05, 0.1) is 18.8 Å². The fraction of sp³-hybridized carbons (Fsp3) is 0.750. The summed E-state index contributed by atoms with van der Waals surface area (Å²) >= 11 is 1.82. The first kappa shape index (κ1) is 26.6. The van der Waals surface area contributed by atoms with Gasteiger partial charge in [0, 0.05) is 64.9 Å². The quantitative estimate of drug-likeness (QED) is 0.195. The molecule has 1 aromatic heterocycles. The van der Waals surface area contributed by atoms with Crippen LogP contribution < -0.4 is 10.6 Å². The van der Waals surface area contributed by atoms with E-state index in [1.165, 1.54) is 4.88 Å². The van der Waals surface area contributed by atoms with Gasteiger partial charge in [0.25, 0.3) is 0 Å². The van der Waals surface area contributed by atoms with E-state index in [9.17, 15) is 0 Å². The highest BCUT2D eigenvalue weighted by atomic mass is 127. The van der Waals surface area contributed by atoms with Gasteiger partial charge in [0.2, 0.25) is 0 Å². The number of hydrogen-bond donors (Lipinski definition) is 2. The van der Waals surface area contributed by atoms with Crippen LogP contribution in [0.1, 0.15) is 24.3 Å². The van der Waals surface area contributed by atoms with Crippen LogP contribution in [0.15, 0.2) is 22.5 Å². The summed E-state index contributed by atoms with van der Waals surface area (Å²) in [5.74, 6) is 0.855. The molecule has 1 aromatic rings. The molecule has 0 bridgehead atoms. The van der Waals surface area contributed by atoms with E-state index in [4.69, 9.17) is 9.47 Å². The van der Waals surface area contributed by atoms with Gasteiger partial charge in [-0.3, -0.25) is 9.89 Å². The van der Waals surface area contributed by atoms with Crippen molar-refractivity contribution >= 4 is 41.3 Å². The van der Waals surface area contributed by atoms with E-state index < -0.39 is 0 Å². The van der Waals surface area contributed by atoms with Crippen molar-refractivity contribution in [2.75, 3.05) is 73.7 Å². The third-order valence-corrected chi connectivity index (χ3v) is 5.92. The number of aliphatic imine (C=N–C) groups is 1. The SMILES string of the molecule is CN=C(NCCN(C)CCCOC)NCC(c1cccs1)N1CCOC(C)C1.I. The number of guanidine groups is 1. The number of nitrogens with one attached hydrogen (secondary N) is 2. The van der Waals surface area contributed by atoms with Gasteiger partial charge in [-0.05, 0) is 31.8 Å². The molecule has 2 unspecified atom stereocenters. The van der Waals surface area contributed by atoms with E-state index in [0.717, 1.165) is 64.9 Å². The summed E-state index contributed by atoms with van der Waals surface area (Å²) in [7, 11) is 5.72. The van der Waals surface area contributed by atoms with Crippen molar-refractivity contribution in [3.05, 3.63) is 22.4 Å². The predicted octanol–water partition coefficient (Wildman–Crippen LogP) is 2.26. The lowest BCUT2D eigenvalue weighted by atomic mass is 10.1. The molecule has 2 heterocycles. The minimum absolute atomic E-state index is 0. The summed E-state index contributed by atoms with van der Waals surface area (Å²) in [4.78, 5) is 10.6. The second kappa shape index (κ2) is 15.4. The zero-order valence-corrected chi connectivity index (χ0v) is 21.4. The fourth-order valence-corrected chi connectivity index (χ4v) is 4.25. The van der Waals surface area contributed by atoms with Gasteiger partial charge in [0.1, 0.15) is 0 Å². The van der Waals surface area contributed by atoms with E-state index in [-0.39, 0.29) is 30.1 Å². The highest BCUT2D eigenvalue weighted by Gasteiger charge is 2.26. The molecule has 29 heavy (non-hydrogen) atoms. The molecule has 0 radical (unpaired) electrons. The minimum Gasteiger partial charge on any atom is -0.385 e. The van der Waals surface area contributed by atoms with Crippen LogP contribution in [-0.4, -0.2) is 95.6 Å². The van der Waals surface area contributed by atoms with Crippen LogP contribution in [0, 0.1) is 0 Å². The van der Waals surface area contributed by atoms with Crippen molar-refractivity contribution in [3.8, 4) is 0 Å². The summed E-state index contributed by atoms with van der Waals surface area (Å²) in [5, 5.41) is 9.10. The average Bonchev–Trinajstić information content (AvgIpc) is 3.21. The van der Waals surface area contributed by atoms with Crippen molar-refractivity contribution in [2.45, 2.75) is 25.5 Å². The number of rotatable bonds is 11. The smallest absolute Gasteiger partial charge is 0.191 e. The molecule has 0 spiro atoms. The van der Waals surface area contributed by atoms with Gasteiger partial charge in [-0.15, -0.1) is 35.3 Å². The number of hydrogen-bond acceptors (Lipinski definition) is 6. The third-order valence-electron chi connectivity index (χ3n) is 4.95. The van der Waals surface area contributed by atoms with Crippen molar-refractivity contribution in [1.29, 1.82) is 0 Å². The van der Waals surface area contributed by atoms with Crippen LogP contribution in [0.25, 0.3) is 0 Å². The van der Waals surface area contributed by atoms with Gasteiger partial charge in [-0.25, -0.2) is 0 Å². The highest BCUT2D eigenvalue weighted by molar-refractivity contribution is 14.0. The number of ether oxygens (including phenoxy) is 2. The summed E-state index contributed by atoms with van der Waals surface area (Å²) in [6.45, 7) is 9.38. The number of nitrogens with zero attached hydrogens (tertiary/aromatic N) is 3. The van der Waals surface area contributed by atoms with E-state index >= 15 is 0 Å². The Morgan fingerprint density at radius 2 is 2.28 bits per heavy atom. The summed E-state index contributed by atoms with van der Waals surface area (Å²) in [6.07, 6.45) is 1.34. The van der Waals surface area contributed by atoms with Crippen molar-refractivity contribution < 1.29 is 9.47 Å². The van der Waals surface area contributed by atoms with E-state index in [0.29, 0.717) is 6.04 Å². The Morgan fingerprint density at radius 1 is 1.45 bits per heavy atom. The molecule has 0 amide bonds. The molecule has 9 heteroatoms. The zero-order valence-electron chi connectivity index (χ0n) is 18.2. The number of halogens is 1. The second-order valence-corrected chi connectivity index (χ2v) is 8.22. The molecular weight excluding hydrogens is 501 g/mol. The first-order chi connectivity index (χ1) is 13.6. The Labute approximate surface area is 197 Å². The van der Waals surface area contributed by atoms with E-state index in [1.54, 1.807) is 7.11 Å². The van der Waals surface area contributed by atoms with Crippen LogP contribution in [0.2, 0.25) is 0 Å². The Hall–Kier alpha value is -0.460. The molecule has 2 N–H and O–H groups in total. The molecule has 1 saturated heterocycles. The summed E-state index contributed by atoms with van der Waals surface area (Å²) in [6, 6.07) is 4.69. The molecule has 1 aliphatic rings. The maximum absolute atomic E-state index is 5.73. The molecule has 1 fully saturated rings. The summed E-state index contributed by atoms with van der Waals surface area (Å²) in [5.41, 5.74) is 0. The second-order valence-electron chi connectivity index (χ2n) is 7.24. The van der Waals surface area contributed by atoms with Crippen molar-refractivity contribution in [2.24, 2.45) is 4.99 Å². The molecule has 168 valence electrons. The minimum atomic E-state index is 0. The van der Waals surface area contributed by atoms with Crippen LogP contribution in [0.4, 0.5) is 0 Å². The molecule has 0 aliphatic carbocycles. The monoisotopic (exact) mass is 539 g/mol. The number of morpholine rings is 1. The summed E-state index contributed by atoms with van der Waals surface area (Å²) < 4.78 is 10.8. The lowest BCUT2D eigenvalue weighted by Gasteiger charge is -2.37. The molecule has 2 atom stereocenters. The van der Waals surface area contributed by atoms with Gasteiger partial charge >= 0.3 is 0 Å². The topological polar surface area (TPSA) is 61.4 Å². The molecule has 0 saturated carbocycles. The average molecular weight is 540 g/mol. The highest BCUT2D eigenvalue weighted by Crippen LogP contribution is 2.26. The standard InChI is InChI=1S/C20H37N5O2S.HI/c1-17-16-25(11-13-27-17)18(19-7-5-14-28-19)15-23-20(21-2)22-8-10-24(3)9-6-12-26-4;/h5,7,14,17-18H,6,8-13,15-16H2,1-4H3,(H2,21,22,23);1H. The Morgan fingerprint density at radius 3 is 2.93 bits per heavy atom. The molecule has 0 aromatic carbocycles. The number of thiophene rings is 1. The lowest BCUT2D eigenvalue weighted by Crippen LogP contribution is -2.48. The van der Waals surface area contributed by atoms with Crippen molar-refractivity contribution in [3.63, 3.8) is 0 Å². The molecule has 2 rings (SSSR count). The van der Waals surface area contributed by atoms with Gasteiger partial charge in [-0.1, -0.05) is 6.07 Å². The van der Waals surface area contributed by atoms with Crippen LogP contribution >= 0.6 is 35.3 Å².